The van der Waals surface area contributed by atoms with Gasteiger partial charge in [0.05, 0.1) is 39.1 Å². The number of carbonyl (C=O) groups is 5. The Hall–Kier alpha value is -1.91. The molecule has 220 valence electrons. The monoisotopic (exact) mass is 574 g/mol. The number of nitrogens with one attached hydrogen (secondary N) is 1. The lowest BCUT2D eigenvalue weighted by molar-refractivity contribution is -0.142. The number of amides is 1. The van der Waals surface area contributed by atoms with Crippen LogP contribution in [0.25, 0.3) is 0 Å². The van der Waals surface area contributed by atoms with Crippen molar-refractivity contribution in [1.82, 2.24) is 5.32 Å². The molecule has 0 saturated heterocycles. The van der Waals surface area contributed by atoms with E-state index in [-0.39, 0.29) is 74.0 Å². The lowest BCUT2D eigenvalue weighted by Crippen LogP contribution is -2.44. The molecule has 0 aliphatic heterocycles. The zero-order chi connectivity index (χ0) is 27.8. The average Bonchev–Trinajstić information content (AvgIpc) is 2.72. The fourth-order valence-electron chi connectivity index (χ4n) is 2.85. The highest BCUT2D eigenvalue weighted by Crippen LogP contribution is 2.12. The molecule has 10 nitrogen and oxygen atoms in total. The van der Waals surface area contributed by atoms with Crippen LogP contribution in [0.4, 0.5) is 4.79 Å². The van der Waals surface area contributed by atoms with Gasteiger partial charge in [-0.05, 0) is 45.4 Å². The number of ether oxygens (including phenoxy) is 3. The second-order valence-electron chi connectivity index (χ2n) is 10.1. The number of alkyl carbamates (subject to hydrolysis) is 1. The van der Waals surface area contributed by atoms with Gasteiger partial charge in [-0.15, -0.1) is 24.8 Å². The van der Waals surface area contributed by atoms with Crippen molar-refractivity contribution in [2.45, 2.75) is 105 Å². The molecule has 2 atom stereocenters. The van der Waals surface area contributed by atoms with E-state index in [4.69, 9.17) is 10.5 Å². The summed E-state index contributed by atoms with van der Waals surface area (Å²) in [5.74, 6) is -0.442. The topological polar surface area (TPSA) is 151 Å². The fourth-order valence-corrected chi connectivity index (χ4v) is 2.85. The number of Topliss-reactive ketones (excluding diaryl/α,β-unsaturated/α-hetero) is 2. The summed E-state index contributed by atoms with van der Waals surface area (Å²) in [4.78, 5) is 57.1. The van der Waals surface area contributed by atoms with Crippen LogP contribution in [0.15, 0.2) is 0 Å². The van der Waals surface area contributed by atoms with Gasteiger partial charge in [0.2, 0.25) is 0 Å². The average molecular weight is 576 g/mol. The Kier molecular flexibility index (Phi) is 25.2. The zero-order valence-electron chi connectivity index (χ0n) is 23.7. The van der Waals surface area contributed by atoms with E-state index < -0.39 is 29.7 Å². The van der Waals surface area contributed by atoms with Crippen molar-refractivity contribution in [3.63, 3.8) is 0 Å². The van der Waals surface area contributed by atoms with Gasteiger partial charge in [0.15, 0.2) is 5.78 Å². The summed E-state index contributed by atoms with van der Waals surface area (Å²) >= 11 is 0. The minimum absolute atomic E-state index is 0. The largest absolute Gasteiger partial charge is 0.469 e. The third-order valence-electron chi connectivity index (χ3n) is 4.53. The minimum atomic E-state index is -0.649. The standard InChI is InChI=1S/C15H27NO5.C10H19NO3.2ClH/c1-10(2)9-11(12(17)7-8-13(18)20-6)16-14(19)21-15(3,4)5;1-7(2)6-8(11)9(12)4-5-10(13)14-3;;/h10-11H,7-9H2,1-6H3,(H,16,19);7-8H,4-6,11H2,1-3H3;2*1H/t11-;8-;;/m00../s1. The number of methoxy groups -OCH3 is 2. The maximum atomic E-state index is 12.1. The molecule has 0 aromatic carbocycles. The summed E-state index contributed by atoms with van der Waals surface area (Å²) in [6.45, 7) is 13.2. The molecule has 0 bridgehead atoms. The highest BCUT2D eigenvalue weighted by atomic mass is 35.5. The highest BCUT2D eigenvalue weighted by molar-refractivity contribution is 5.89. The predicted molar refractivity (Wildman–Crippen MR) is 147 cm³/mol. The molecule has 0 fully saturated rings. The van der Waals surface area contributed by atoms with Crippen molar-refractivity contribution in [2.24, 2.45) is 17.6 Å². The van der Waals surface area contributed by atoms with Crippen molar-refractivity contribution < 1.29 is 38.2 Å². The van der Waals surface area contributed by atoms with E-state index in [0.717, 1.165) is 0 Å². The van der Waals surface area contributed by atoms with Gasteiger partial charge >= 0.3 is 18.0 Å². The van der Waals surface area contributed by atoms with E-state index in [1.54, 1.807) is 20.8 Å². The summed E-state index contributed by atoms with van der Waals surface area (Å²) in [5, 5.41) is 2.58. The third-order valence-corrected chi connectivity index (χ3v) is 4.53. The lowest BCUT2D eigenvalue weighted by atomic mass is 9.98. The molecule has 0 unspecified atom stereocenters. The van der Waals surface area contributed by atoms with Gasteiger partial charge < -0.3 is 25.3 Å². The van der Waals surface area contributed by atoms with Gasteiger partial charge in [-0.25, -0.2) is 4.79 Å². The molecule has 1 amide bonds. The highest BCUT2D eigenvalue weighted by Gasteiger charge is 2.25. The molecular weight excluding hydrogens is 527 g/mol. The van der Waals surface area contributed by atoms with Gasteiger partial charge in [-0.3, -0.25) is 19.2 Å². The Labute approximate surface area is 234 Å². The van der Waals surface area contributed by atoms with E-state index in [1.165, 1.54) is 14.2 Å². The number of ketones is 2. The molecule has 37 heavy (non-hydrogen) atoms. The first kappa shape index (κ1) is 42.2. The molecule has 0 aromatic rings. The van der Waals surface area contributed by atoms with Gasteiger partial charge in [0, 0.05) is 12.8 Å². The molecule has 0 spiro atoms. The van der Waals surface area contributed by atoms with Gasteiger partial charge in [0.25, 0.3) is 0 Å². The number of carbonyl (C=O) groups excluding carboxylic acids is 5. The van der Waals surface area contributed by atoms with E-state index in [0.29, 0.717) is 18.8 Å². The number of esters is 2. The number of hydrogen-bond donors (Lipinski definition) is 2. The molecule has 3 N–H and O–H groups in total. The van der Waals surface area contributed by atoms with Gasteiger partial charge in [-0.1, -0.05) is 27.7 Å². The Bertz CT molecular complexity index is 695. The number of halogens is 2. The molecule has 0 saturated carbocycles. The maximum absolute atomic E-state index is 12.1. The molecule has 0 radical (unpaired) electrons. The second kappa shape index (κ2) is 22.1. The van der Waals surface area contributed by atoms with Crippen molar-refractivity contribution in [3.05, 3.63) is 0 Å². The van der Waals surface area contributed by atoms with Crippen molar-refractivity contribution >= 4 is 54.4 Å². The molecule has 0 aliphatic rings. The maximum Gasteiger partial charge on any atom is 0.408 e. The first-order valence-corrected chi connectivity index (χ1v) is 12.0. The van der Waals surface area contributed by atoms with E-state index >= 15 is 0 Å². The van der Waals surface area contributed by atoms with Crippen LogP contribution in [0.2, 0.25) is 0 Å². The summed E-state index contributed by atoms with van der Waals surface area (Å²) in [5.41, 5.74) is 5.02. The Morgan fingerprint density at radius 2 is 1.14 bits per heavy atom. The van der Waals surface area contributed by atoms with E-state index in [2.05, 4.69) is 14.8 Å². The molecule has 0 aromatic heterocycles. The number of rotatable bonds is 13. The summed E-state index contributed by atoms with van der Waals surface area (Å²) in [6, 6.07) is -1.09. The van der Waals surface area contributed by atoms with Gasteiger partial charge in [0.1, 0.15) is 11.4 Å². The SMILES string of the molecule is COC(=O)CCC(=O)[C@@H](N)CC(C)C.COC(=O)CCC(=O)[C@H](CC(C)C)NC(=O)OC(C)(C)C.Cl.Cl. The van der Waals surface area contributed by atoms with Crippen LogP contribution in [-0.2, 0) is 33.4 Å². The van der Waals surface area contributed by atoms with E-state index in [9.17, 15) is 24.0 Å². The van der Waals surface area contributed by atoms with Crippen molar-refractivity contribution in [2.75, 3.05) is 14.2 Å². The van der Waals surface area contributed by atoms with Crippen molar-refractivity contribution in [1.29, 1.82) is 0 Å². The molecule has 12 heteroatoms. The van der Waals surface area contributed by atoms with E-state index in [1.807, 2.05) is 27.7 Å². The van der Waals surface area contributed by atoms with Gasteiger partial charge in [-0.2, -0.15) is 0 Å². The molecule has 0 heterocycles. The smallest absolute Gasteiger partial charge is 0.408 e. The minimum Gasteiger partial charge on any atom is -0.469 e. The van der Waals surface area contributed by atoms with Crippen LogP contribution in [0.3, 0.4) is 0 Å². The van der Waals surface area contributed by atoms with Crippen molar-refractivity contribution in [3.8, 4) is 0 Å². The van der Waals surface area contributed by atoms with Crippen LogP contribution in [-0.4, -0.2) is 61.5 Å². The summed E-state index contributed by atoms with van der Waals surface area (Å²) < 4.78 is 14.1. The quantitative estimate of drug-likeness (QED) is 0.243. The van der Waals surface area contributed by atoms with Crippen LogP contribution < -0.4 is 11.1 Å². The van der Waals surface area contributed by atoms with Crippen LogP contribution in [0.1, 0.15) is 87.0 Å². The second-order valence-corrected chi connectivity index (χ2v) is 10.1. The molecular formula is C25H48Cl2N2O8. The Morgan fingerprint density at radius 3 is 1.49 bits per heavy atom. The summed E-state index contributed by atoms with van der Waals surface area (Å²) in [6.07, 6.45) is 0.903. The predicted octanol–water partition coefficient (Wildman–Crippen LogP) is 4.17. The zero-order valence-corrected chi connectivity index (χ0v) is 25.3. The molecule has 0 aliphatic carbocycles. The first-order chi connectivity index (χ1) is 16.0. The third kappa shape index (κ3) is 25.5. The lowest BCUT2D eigenvalue weighted by Gasteiger charge is -2.24. The fraction of sp³-hybridized carbons (Fsp3) is 0.800. The number of hydrogen-bond acceptors (Lipinski definition) is 9. The Balaban J connectivity index is -0.000000300. The van der Waals surface area contributed by atoms with Crippen LogP contribution in [0.5, 0.6) is 0 Å². The molecule has 0 rings (SSSR count). The summed E-state index contributed by atoms with van der Waals surface area (Å²) in [7, 11) is 2.58. The van der Waals surface area contributed by atoms with Crippen LogP contribution >= 0.6 is 24.8 Å². The first-order valence-electron chi connectivity index (χ1n) is 12.0. The van der Waals surface area contributed by atoms with Crippen LogP contribution in [0, 0.1) is 11.8 Å². The Morgan fingerprint density at radius 1 is 0.730 bits per heavy atom. The normalized spacial score (nSPS) is 12.0. The number of nitrogens with two attached hydrogens (primary N) is 1.